The Morgan fingerprint density at radius 1 is 0.329 bits per heavy atom. The van der Waals surface area contributed by atoms with E-state index < -0.39 is 12.1 Å². The normalized spacial score (nSPS) is 12.4. The number of unbranched alkanes of at least 4 members (excludes halogenated alkanes) is 53. The number of rotatable bonds is 64. The van der Waals surface area contributed by atoms with Gasteiger partial charge in [0, 0.05) is 12.8 Å². The molecule has 0 heterocycles. The maximum absolute atomic E-state index is 12.5. The Hall–Kier alpha value is -1.14. The molecule has 0 spiro atoms. The van der Waals surface area contributed by atoms with Crippen molar-refractivity contribution in [2.24, 2.45) is 0 Å². The molecular formula is C67H133NO5. The zero-order valence-corrected chi connectivity index (χ0v) is 49.9. The lowest BCUT2D eigenvalue weighted by Crippen LogP contribution is -2.45. The van der Waals surface area contributed by atoms with Crippen LogP contribution in [0.3, 0.4) is 0 Å². The maximum Gasteiger partial charge on any atom is 0.305 e. The van der Waals surface area contributed by atoms with Crippen LogP contribution >= 0.6 is 0 Å². The van der Waals surface area contributed by atoms with E-state index >= 15 is 0 Å². The summed E-state index contributed by atoms with van der Waals surface area (Å²) in [6.45, 7) is 5.00. The van der Waals surface area contributed by atoms with Crippen LogP contribution in [0, 0.1) is 0 Å². The van der Waals surface area contributed by atoms with Gasteiger partial charge in [-0.15, -0.1) is 0 Å². The van der Waals surface area contributed by atoms with Crippen LogP contribution in [0.15, 0.2) is 0 Å². The highest BCUT2D eigenvalue weighted by Crippen LogP contribution is 2.19. The molecule has 0 saturated heterocycles. The molecular weight excluding hydrogens is 899 g/mol. The number of amides is 1. The first-order valence-corrected chi connectivity index (χ1v) is 33.8. The third-order valence-corrected chi connectivity index (χ3v) is 16.2. The number of ether oxygens (including phenoxy) is 1. The average Bonchev–Trinajstić information content (AvgIpc) is 3.39. The lowest BCUT2D eigenvalue weighted by Gasteiger charge is -2.22. The van der Waals surface area contributed by atoms with Gasteiger partial charge >= 0.3 is 5.97 Å². The van der Waals surface area contributed by atoms with E-state index in [0.29, 0.717) is 25.9 Å². The van der Waals surface area contributed by atoms with Crippen LogP contribution in [0.4, 0.5) is 0 Å². The molecule has 6 nitrogen and oxygen atoms in total. The molecule has 0 fully saturated rings. The van der Waals surface area contributed by atoms with E-state index in [-0.39, 0.29) is 18.5 Å². The molecule has 6 heteroatoms. The summed E-state index contributed by atoms with van der Waals surface area (Å²) in [6.07, 6.45) is 75.6. The predicted octanol–water partition coefficient (Wildman–Crippen LogP) is 21.4. The summed E-state index contributed by atoms with van der Waals surface area (Å²) in [7, 11) is 0. The minimum atomic E-state index is -0.665. The molecule has 0 aliphatic rings. The van der Waals surface area contributed by atoms with Crippen molar-refractivity contribution in [3.05, 3.63) is 0 Å². The predicted molar refractivity (Wildman–Crippen MR) is 320 cm³/mol. The van der Waals surface area contributed by atoms with Crippen LogP contribution in [0.1, 0.15) is 393 Å². The Kier molecular flexibility index (Phi) is 62.4. The lowest BCUT2D eigenvalue weighted by molar-refractivity contribution is -0.143. The Labute approximate surface area is 457 Å². The van der Waals surface area contributed by atoms with Crippen LogP contribution in [-0.4, -0.2) is 47.4 Å². The number of carbonyl (C=O) groups excluding carboxylic acids is 2. The molecule has 0 aliphatic heterocycles. The first-order chi connectivity index (χ1) is 36.0. The standard InChI is InChI=1S/C67H133NO5/c1-3-5-7-9-11-13-15-17-19-21-24-28-31-35-39-43-47-51-55-59-65(70)64(63-69)68-66(71)60-56-52-48-44-40-36-32-29-25-22-23-26-30-34-38-42-46-50-54-58-62-73-67(72)61-57-53-49-45-41-37-33-27-20-18-16-14-12-10-8-6-4-2/h64-65,69-70H,3-63H2,1-2H3,(H,68,71). The van der Waals surface area contributed by atoms with Crippen LogP contribution < -0.4 is 5.32 Å². The molecule has 0 radical (unpaired) electrons. The van der Waals surface area contributed by atoms with Gasteiger partial charge in [0.1, 0.15) is 0 Å². The van der Waals surface area contributed by atoms with Gasteiger partial charge in [-0.2, -0.15) is 0 Å². The number of esters is 1. The molecule has 73 heavy (non-hydrogen) atoms. The summed E-state index contributed by atoms with van der Waals surface area (Å²) in [5.74, 6) is -0.0159. The van der Waals surface area contributed by atoms with E-state index in [1.54, 1.807) is 0 Å². The van der Waals surface area contributed by atoms with Crippen molar-refractivity contribution in [3.63, 3.8) is 0 Å². The average molecular weight is 1030 g/mol. The molecule has 2 atom stereocenters. The van der Waals surface area contributed by atoms with Crippen LogP contribution in [0.25, 0.3) is 0 Å². The van der Waals surface area contributed by atoms with Crippen molar-refractivity contribution in [2.75, 3.05) is 13.2 Å². The SMILES string of the molecule is CCCCCCCCCCCCCCCCCCCCCC(O)C(CO)NC(=O)CCCCCCCCCCCCCCCCCCCCCCOC(=O)CCCCCCCCCCCCCCCCCCC. The van der Waals surface area contributed by atoms with Gasteiger partial charge in [-0.3, -0.25) is 9.59 Å². The third-order valence-electron chi connectivity index (χ3n) is 16.2. The number of hydrogen-bond acceptors (Lipinski definition) is 5. The molecule has 0 aliphatic carbocycles. The third kappa shape index (κ3) is 60.0. The fourth-order valence-electron chi connectivity index (χ4n) is 11.0. The summed E-state index contributed by atoms with van der Waals surface area (Å²) in [5.41, 5.74) is 0. The highest BCUT2D eigenvalue weighted by Gasteiger charge is 2.20. The smallest absolute Gasteiger partial charge is 0.305 e. The van der Waals surface area contributed by atoms with Crippen molar-refractivity contribution >= 4 is 11.9 Å². The summed E-state index contributed by atoms with van der Waals surface area (Å²) in [4.78, 5) is 24.6. The van der Waals surface area contributed by atoms with E-state index in [2.05, 4.69) is 19.2 Å². The molecule has 0 aromatic heterocycles. The number of nitrogens with one attached hydrogen (secondary N) is 1. The molecule has 436 valence electrons. The summed E-state index contributed by atoms with van der Waals surface area (Å²) < 4.78 is 5.50. The highest BCUT2D eigenvalue weighted by atomic mass is 16.5. The second-order valence-corrected chi connectivity index (χ2v) is 23.5. The van der Waals surface area contributed by atoms with Gasteiger partial charge in [0.25, 0.3) is 0 Å². The van der Waals surface area contributed by atoms with Crippen molar-refractivity contribution in [1.82, 2.24) is 5.32 Å². The van der Waals surface area contributed by atoms with Gasteiger partial charge < -0.3 is 20.3 Å². The number of hydrogen-bond donors (Lipinski definition) is 3. The first-order valence-electron chi connectivity index (χ1n) is 33.8. The Morgan fingerprint density at radius 2 is 0.562 bits per heavy atom. The monoisotopic (exact) mass is 1030 g/mol. The largest absolute Gasteiger partial charge is 0.466 e. The van der Waals surface area contributed by atoms with Gasteiger partial charge in [-0.1, -0.05) is 354 Å². The van der Waals surface area contributed by atoms with E-state index in [4.69, 9.17) is 4.74 Å². The summed E-state index contributed by atoms with van der Waals surface area (Å²) in [6, 6.07) is -0.542. The second-order valence-electron chi connectivity index (χ2n) is 23.5. The molecule has 2 unspecified atom stereocenters. The Bertz CT molecular complexity index is 1050. The van der Waals surface area contributed by atoms with Crippen LogP contribution in [0.5, 0.6) is 0 Å². The van der Waals surface area contributed by atoms with Gasteiger partial charge in [-0.05, 0) is 25.7 Å². The molecule has 0 rings (SSSR count). The molecule has 0 aromatic rings. The van der Waals surface area contributed by atoms with E-state index in [1.165, 1.54) is 321 Å². The lowest BCUT2D eigenvalue weighted by atomic mass is 10.0. The van der Waals surface area contributed by atoms with Crippen molar-refractivity contribution in [2.45, 2.75) is 405 Å². The fourth-order valence-corrected chi connectivity index (χ4v) is 11.0. The molecule has 0 bridgehead atoms. The molecule has 0 saturated carbocycles. The quantitative estimate of drug-likeness (QED) is 0.0417. The number of aliphatic hydroxyl groups is 2. The summed E-state index contributed by atoms with van der Waals surface area (Å²) >= 11 is 0. The van der Waals surface area contributed by atoms with E-state index in [1.807, 2.05) is 0 Å². The van der Waals surface area contributed by atoms with Crippen LogP contribution in [0.2, 0.25) is 0 Å². The maximum atomic E-state index is 12.5. The summed E-state index contributed by atoms with van der Waals surface area (Å²) in [5, 5.41) is 23.4. The van der Waals surface area contributed by atoms with Crippen molar-refractivity contribution in [1.29, 1.82) is 0 Å². The second kappa shape index (κ2) is 63.4. The van der Waals surface area contributed by atoms with Gasteiger partial charge in [-0.25, -0.2) is 0 Å². The van der Waals surface area contributed by atoms with Gasteiger partial charge in [0.15, 0.2) is 0 Å². The van der Waals surface area contributed by atoms with Crippen molar-refractivity contribution < 1.29 is 24.5 Å². The van der Waals surface area contributed by atoms with Gasteiger partial charge in [0.05, 0.1) is 25.4 Å². The van der Waals surface area contributed by atoms with Gasteiger partial charge in [0.2, 0.25) is 5.91 Å². The Balaban J connectivity index is 3.36. The van der Waals surface area contributed by atoms with E-state index in [9.17, 15) is 19.8 Å². The zero-order valence-electron chi connectivity index (χ0n) is 49.9. The topological polar surface area (TPSA) is 95.9 Å². The minimum Gasteiger partial charge on any atom is -0.466 e. The van der Waals surface area contributed by atoms with Crippen LogP contribution in [-0.2, 0) is 14.3 Å². The zero-order chi connectivity index (χ0) is 52.9. The number of carbonyl (C=O) groups is 2. The highest BCUT2D eigenvalue weighted by molar-refractivity contribution is 5.76. The molecule has 3 N–H and O–H groups in total. The molecule has 0 aromatic carbocycles. The van der Waals surface area contributed by atoms with Crippen molar-refractivity contribution in [3.8, 4) is 0 Å². The first kappa shape index (κ1) is 71.9. The molecule has 1 amide bonds. The van der Waals surface area contributed by atoms with E-state index in [0.717, 1.165) is 38.5 Å². The fraction of sp³-hybridized carbons (Fsp3) is 0.970. The number of aliphatic hydroxyl groups excluding tert-OH is 2. The minimum absolute atomic E-state index is 0.0161. The Morgan fingerprint density at radius 3 is 0.836 bits per heavy atom.